The number of piperazine rings is 2. The third-order valence-electron chi connectivity index (χ3n) is 6.50. The Labute approximate surface area is 175 Å². The van der Waals surface area contributed by atoms with E-state index in [1.54, 1.807) is 12.1 Å². The van der Waals surface area contributed by atoms with Gasteiger partial charge in [-0.25, -0.2) is 8.42 Å². The number of hydrogen-bond acceptors (Lipinski definition) is 3. The summed E-state index contributed by atoms with van der Waals surface area (Å²) in [6.07, 6.45) is 1.03. The standard InChI is InChI=1S/C21H34N4O3S/c1-4-18(2)19-5-7-20(8-6-19)29(27,28)25-15-13-24(14-16-25)21(26)17-23-11-9-22(3)10-12-23/h5-8,18H,4,9-17H2,1-3H3/p+2/t18-/m0/s1. The summed E-state index contributed by atoms with van der Waals surface area (Å²) in [6, 6.07) is 7.27. The molecule has 2 aliphatic rings. The number of nitrogens with zero attached hydrogens (tertiary/aromatic N) is 2. The number of amides is 1. The molecule has 1 atom stereocenters. The van der Waals surface area contributed by atoms with E-state index in [0.29, 0.717) is 43.5 Å². The van der Waals surface area contributed by atoms with E-state index in [1.165, 1.54) is 14.1 Å². The minimum Gasteiger partial charge on any atom is -0.335 e. The number of hydrogen-bond donors (Lipinski definition) is 2. The van der Waals surface area contributed by atoms with Crippen molar-refractivity contribution in [3.05, 3.63) is 29.8 Å². The summed E-state index contributed by atoms with van der Waals surface area (Å²) in [5.41, 5.74) is 1.16. The molecule has 0 unspecified atom stereocenters. The average Bonchev–Trinajstić information content (AvgIpc) is 2.75. The summed E-state index contributed by atoms with van der Waals surface area (Å²) < 4.78 is 27.5. The summed E-state index contributed by atoms with van der Waals surface area (Å²) in [4.78, 5) is 17.7. The van der Waals surface area contributed by atoms with Crippen molar-refractivity contribution < 1.29 is 23.0 Å². The van der Waals surface area contributed by atoms with Gasteiger partial charge in [0.25, 0.3) is 5.91 Å². The lowest BCUT2D eigenvalue weighted by atomic mass is 9.99. The number of benzene rings is 1. The van der Waals surface area contributed by atoms with Crippen molar-refractivity contribution in [2.45, 2.75) is 31.1 Å². The van der Waals surface area contributed by atoms with Crippen molar-refractivity contribution in [3.63, 3.8) is 0 Å². The van der Waals surface area contributed by atoms with Crippen LogP contribution in [0, 0.1) is 0 Å². The van der Waals surface area contributed by atoms with Crippen molar-refractivity contribution in [1.29, 1.82) is 0 Å². The van der Waals surface area contributed by atoms with E-state index >= 15 is 0 Å². The third kappa shape index (κ3) is 5.36. The van der Waals surface area contributed by atoms with E-state index in [1.807, 2.05) is 17.0 Å². The van der Waals surface area contributed by atoms with E-state index in [4.69, 9.17) is 0 Å². The van der Waals surface area contributed by atoms with Crippen molar-refractivity contribution in [2.75, 3.05) is 66.0 Å². The Balaban J connectivity index is 1.54. The first-order valence-electron chi connectivity index (χ1n) is 10.8. The lowest BCUT2D eigenvalue weighted by Gasteiger charge is -2.35. The van der Waals surface area contributed by atoms with E-state index < -0.39 is 10.0 Å². The van der Waals surface area contributed by atoms with Crippen LogP contribution in [0.5, 0.6) is 0 Å². The smallest absolute Gasteiger partial charge is 0.277 e. The Morgan fingerprint density at radius 2 is 1.62 bits per heavy atom. The Morgan fingerprint density at radius 3 is 2.17 bits per heavy atom. The highest BCUT2D eigenvalue weighted by Crippen LogP contribution is 2.23. The molecule has 2 saturated heterocycles. The van der Waals surface area contributed by atoms with Crippen LogP contribution in [0.3, 0.4) is 0 Å². The van der Waals surface area contributed by atoms with Crippen molar-refractivity contribution in [1.82, 2.24) is 9.21 Å². The van der Waals surface area contributed by atoms with Gasteiger partial charge in [-0.2, -0.15) is 4.31 Å². The van der Waals surface area contributed by atoms with Gasteiger partial charge in [0.2, 0.25) is 10.0 Å². The number of nitrogens with one attached hydrogen (secondary N) is 2. The average molecular weight is 425 g/mol. The Bertz CT molecular complexity index is 781. The molecule has 7 nitrogen and oxygen atoms in total. The van der Waals surface area contributed by atoms with E-state index in [2.05, 4.69) is 20.9 Å². The molecule has 162 valence electrons. The van der Waals surface area contributed by atoms with Crippen LogP contribution < -0.4 is 9.80 Å². The lowest BCUT2D eigenvalue weighted by Crippen LogP contribution is -3.27. The van der Waals surface area contributed by atoms with Gasteiger partial charge < -0.3 is 14.7 Å². The van der Waals surface area contributed by atoms with Crippen molar-refractivity contribution in [3.8, 4) is 0 Å². The molecule has 0 saturated carbocycles. The topological polar surface area (TPSA) is 66.6 Å². The maximum atomic E-state index is 13.0. The molecule has 29 heavy (non-hydrogen) atoms. The highest BCUT2D eigenvalue weighted by Gasteiger charge is 2.32. The maximum absolute atomic E-state index is 13.0. The van der Waals surface area contributed by atoms with Gasteiger partial charge in [0, 0.05) is 26.2 Å². The maximum Gasteiger partial charge on any atom is 0.277 e. The Hall–Kier alpha value is -1.48. The predicted molar refractivity (Wildman–Crippen MR) is 113 cm³/mol. The minimum absolute atomic E-state index is 0.148. The van der Waals surface area contributed by atoms with Gasteiger partial charge in [0.15, 0.2) is 6.54 Å². The monoisotopic (exact) mass is 424 g/mol. The summed E-state index contributed by atoms with van der Waals surface area (Å²) in [6.45, 7) is 10.7. The van der Waals surface area contributed by atoms with Crippen LogP contribution in [-0.4, -0.2) is 89.5 Å². The molecule has 2 aliphatic heterocycles. The SMILES string of the molecule is CC[C@H](C)c1ccc(S(=O)(=O)N2CCN(C(=O)C[NH+]3CC[NH+](C)CC3)CC2)cc1. The zero-order chi connectivity index (χ0) is 21.0. The van der Waals surface area contributed by atoms with Crippen LogP contribution in [0.1, 0.15) is 31.7 Å². The Kier molecular flexibility index (Phi) is 7.32. The molecule has 0 spiro atoms. The largest absolute Gasteiger partial charge is 0.335 e. The first kappa shape index (κ1) is 22.2. The summed E-state index contributed by atoms with van der Waals surface area (Å²) in [7, 11) is -1.32. The lowest BCUT2D eigenvalue weighted by molar-refractivity contribution is -1.000. The van der Waals surface area contributed by atoms with Crippen LogP contribution in [0.15, 0.2) is 29.2 Å². The fourth-order valence-electron chi connectivity index (χ4n) is 4.06. The van der Waals surface area contributed by atoms with Crippen molar-refractivity contribution >= 4 is 15.9 Å². The minimum atomic E-state index is -3.51. The van der Waals surface area contributed by atoms with Gasteiger partial charge >= 0.3 is 0 Å². The molecule has 2 heterocycles. The quantitative estimate of drug-likeness (QED) is 0.581. The van der Waals surface area contributed by atoms with Crippen LogP contribution >= 0.6 is 0 Å². The fourth-order valence-corrected chi connectivity index (χ4v) is 5.49. The van der Waals surface area contributed by atoms with Gasteiger partial charge in [-0.15, -0.1) is 0 Å². The molecule has 8 heteroatoms. The zero-order valence-corrected chi connectivity index (χ0v) is 18.8. The number of likely N-dealkylation sites (N-methyl/N-ethyl adjacent to an activating group) is 1. The summed E-state index contributed by atoms with van der Waals surface area (Å²) >= 11 is 0. The molecule has 2 N–H and O–H groups in total. The molecule has 0 bridgehead atoms. The molecule has 0 aliphatic carbocycles. The molecule has 0 aromatic heterocycles. The first-order chi connectivity index (χ1) is 13.8. The predicted octanol–water partition coefficient (Wildman–Crippen LogP) is -1.55. The number of quaternary nitrogens is 2. The van der Waals surface area contributed by atoms with Gasteiger partial charge in [-0.3, -0.25) is 4.79 Å². The number of sulfonamides is 1. The Morgan fingerprint density at radius 1 is 1.03 bits per heavy atom. The number of carbonyl (C=O) groups excluding carboxylic acids is 1. The van der Waals surface area contributed by atoms with E-state index in [-0.39, 0.29) is 5.91 Å². The van der Waals surface area contributed by atoms with Gasteiger partial charge in [-0.1, -0.05) is 26.0 Å². The highest BCUT2D eigenvalue weighted by atomic mass is 32.2. The second kappa shape index (κ2) is 9.55. The van der Waals surface area contributed by atoms with Gasteiger partial charge in [0.1, 0.15) is 26.2 Å². The van der Waals surface area contributed by atoms with Crippen molar-refractivity contribution in [2.24, 2.45) is 0 Å². The molecular weight excluding hydrogens is 388 g/mol. The molecule has 3 rings (SSSR count). The molecule has 1 amide bonds. The molecule has 2 fully saturated rings. The zero-order valence-electron chi connectivity index (χ0n) is 18.0. The second-order valence-corrected chi connectivity index (χ2v) is 10.5. The van der Waals surface area contributed by atoms with Crippen LogP contribution in [0.2, 0.25) is 0 Å². The normalized spacial score (nSPS) is 25.0. The highest BCUT2D eigenvalue weighted by molar-refractivity contribution is 7.89. The first-order valence-corrected chi connectivity index (χ1v) is 12.3. The molecule has 0 radical (unpaired) electrons. The number of carbonyl (C=O) groups is 1. The molecule has 1 aromatic rings. The summed E-state index contributed by atoms with van der Waals surface area (Å²) in [5.74, 6) is 0.569. The van der Waals surface area contributed by atoms with Crippen LogP contribution in [0.25, 0.3) is 0 Å². The molecule has 1 aromatic carbocycles. The van der Waals surface area contributed by atoms with Crippen LogP contribution in [-0.2, 0) is 14.8 Å². The van der Waals surface area contributed by atoms with E-state index in [0.717, 1.165) is 38.2 Å². The third-order valence-corrected chi connectivity index (χ3v) is 8.42. The van der Waals surface area contributed by atoms with Gasteiger partial charge in [0.05, 0.1) is 11.9 Å². The van der Waals surface area contributed by atoms with E-state index in [9.17, 15) is 13.2 Å². The summed E-state index contributed by atoms with van der Waals surface area (Å²) in [5, 5.41) is 0. The second-order valence-electron chi connectivity index (χ2n) is 8.55. The van der Waals surface area contributed by atoms with Crippen LogP contribution in [0.4, 0.5) is 0 Å². The number of rotatable bonds is 6. The van der Waals surface area contributed by atoms with Gasteiger partial charge in [-0.05, 0) is 30.0 Å². The fraction of sp³-hybridized carbons (Fsp3) is 0.667. The molecular formula is C21H36N4O3S+2.